The number of unbranched alkanes of at least 4 members (excludes halogenated alkanes) is 24. The zero-order chi connectivity index (χ0) is 56.8. The van der Waals surface area contributed by atoms with Crippen LogP contribution in [0.25, 0.3) is 0 Å². The van der Waals surface area contributed by atoms with E-state index in [2.05, 4.69) is 13.8 Å². The maximum absolute atomic E-state index is 14.0. The van der Waals surface area contributed by atoms with Crippen LogP contribution in [-0.4, -0.2) is 204 Å². The largest absolute Gasteiger partial charge is 0.472 e. The lowest BCUT2D eigenvalue weighted by Crippen LogP contribution is -2.69. The van der Waals surface area contributed by atoms with E-state index in [-0.39, 0.29) is 12.8 Å². The van der Waals surface area contributed by atoms with Crippen LogP contribution in [-0.2, 0) is 51.6 Å². The van der Waals surface area contributed by atoms with Gasteiger partial charge in [-0.3, -0.25) is 18.6 Å². The van der Waals surface area contributed by atoms with Gasteiger partial charge in [0.25, 0.3) is 0 Å². The Bertz CT molecular complexity index is 1550. The van der Waals surface area contributed by atoms with Crippen molar-refractivity contribution in [3.63, 3.8) is 0 Å². The SMILES string of the molecule is CCCCCCCCCCCCCCCCC(=O)OCC(COP(=O)(O)OC1C(OC2OC(CO)C(O)C(O)C2O)C(O)C(O)C(O)C1OC1OC(CO)C(O)C(O)C1O)OC(=O)CCCCCCCCCCCCCC. The van der Waals surface area contributed by atoms with Crippen LogP contribution in [0, 0.1) is 0 Å². The van der Waals surface area contributed by atoms with Crippen molar-refractivity contribution in [2.75, 3.05) is 26.4 Å². The number of phosphoric ester groups is 1. The molecule has 3 rings (SSSR count). The number of esters is 2. The van der Waals surface area contributed by atoms with E-state index in [9.17, 15) is 75.2 Å². The second kappa shape index (κ2) is 39.0. The Hall–Kier alpha value is -1.55. The molecule has 0 bridgehead atoms. The van der Waals surface area contributed by atoms with Crippen LogP contribution in [0.3, 0.4) is 0 Å². The van der Waals surface area contributed by atoms with Gasteiger partial charge in [-0.05, 0) is 12.8 Å². The minimum atomic E-state index is -5.63. The van der Waals surface area contributed by atoms with Gasteiger partial charge >= 0.3 is 19.8 Å². The lowest BCUT2D eigenvalue weighted by molar-refractivity contribution is -0.360. The van der Waals surface area contributed by atoms with E-state index in [0.29, 0.717) is 12.8 Å². The number of hydrogen-bond donors (Lipinski definition) is 12. The van der Waals surface area contributed by atoms with E-state index < -0.39 is 150 Å². The Morgan fingerprint density at radius 1 is 0.442 bits per heavy atom. The van der Waals surface area contributed by atoms with Crippen LogP contribution < -0.4 is 0 Å². The van der Waals surface area contributed by atoms with Crippen molar-refractivity contribution in [3.05, 3.63) is 0 Å². The second-order valence-corrected chi connectivity index (χ2v) is 22.6. The van der Waals surface area contributed by atoms with Crippen molar-refractivity contribution in [1.82, 2.24) is 0 Å². The molecule has 0 spiro atoms. The first-order valence-electron chi connectivity index (χ1n) is 28.9. The molecule has 1 saturated carbocycles. The molecule has 0 amide bonds. The molecule has 12 N–H and O–H groups in total. The fourth-order valence-corrected chi connectivity index (χ4v) is 10.8. The smallest absolute Gasteiger partial charge is 0.462 e. The fourth-order valence-electron chi connectivity index (χ4n) is 9.83. The molecule has 0 aromatic carbocycles. The number of aliphatic hydroxyl groups is 11. The van der Waals surface area contributed by atoms with Crippen molar-refractivity contribution in [2.24, 2.45) is 0 Å². The zero-order valence-corrected chi connectivity index (χ0v) is 46.6. The molecule has 24 heteroatoms. The summed E-state index contributed by atoms with van der Waals surface area (Å²) in [6.45, 7) is 1.00. The van der Waals surface area contributed by atoms with Crippen LogP contribution in [0.5, 0.6) is 0 Å². The Kier molecular flexibility index (Phi) is 35.3. The average Bonchev–Trinajstić information content (AvgIpc) is 3.41. The molecule has 2 aliphatic heterocycles. The van der Waals surface area contributed by atoms with Crippen LogP contribution in [0.4, 0.5) is 0 Å². The molecule has 3 fully saturated rings. The van der Waals surface area contributed by atoms with Gasteiger partial charge in [-0.2, -0.15) is 0 Å². The normalized spacial score (nSPS) is 31.9. The molecule has 1 aliphatic carbocycles. The predicted octanol–water partition coefficient (Wildman–Crippen LogP) is 3.37. The molecule has 0 radical (unpaired) electrons. The Balaban J connectivity index is 1.72. The van der Waals surface area contributed by atoms with Crippen LogP contribution in [0.1, 0.15) is 194 Å². The summed E-state index contributed by atoms with van der Waals surface area (Å²) < 4.78 is 58.0. The summed E-state index contributed by atoms with van der Waals surface area (Å²) in [5, 5.41) is 116. The van der Waals surface area contributed by atoms with Crippen molar-refractivity contribution in [3.8, 4) is 0 Å². The molecule has 23 nitrogen and oxygen atoms in total. The Morgan fingerprint density at radius 2 is 0.779 bits per heavy atom. The van der Waals surface area contributed by atoms with Crippen molar-refractivity contribution < 1.29 is 113 Å². The van der Waals surface area contributed by atoms with E-state index in [1.165, 1.54) is 96.3 Å². The molecule has 3 aliphatic rings. The Morgan fingerprint density at radius 3 is 1.14 bits per heavy atom. The van der Waals surface area contributed by atoms with Crippen molar-refractivity contribution >= 4 is 19.8 Å². The van der Waals surface area contributed by atoms with Gasteiger partial charge in [0.15, 0.2) is 18.7 Å². The number of hydrogen-bond acceptors (Lipinski definition) is 22. The number of carbonyl (C=O) groups excluding carboxylic acids is 2. The Labute approximate surface area is 455 Å². The van der Waals surface area contributed by atoms with E-state index in [1.807, 2.05) is 0 Å². The number of ether oxygens (including phenoxy) is 6. The van der Waals surface area contributed by atoms with Gasteiger partial charge in [0.2, 0.25) is 0 Å². The van der Waals surface area contributed by atoms with Gasteiger partial charge in [-0.15, -0.1) is 0 Å². The third kappa shape index (κ3) is 25.2. The first-order valence-corrected chi connectivity index (χ1v) is 30.4. The number of rotatable bonds is 42. The molecule has 2 heterocycles. The third-order valence-electron chi connectivity index (χ3n) is 14.7. The van der Waals surface area contributed by atoms with Gasteiger partial charge in [0.05, 0.1) is 19.8 Å². The molecular formula is C53H99O23P. The maximum atomic E-state index is 14.0. The molecule has 2 saturated heterocycles. The first-order chi connectivity index (χ1) is 36.9. The van der Waals surface area contributed by atoms with Crippen molar-refractivity contribution in [1.29, 1.82) is 0 Å². The first kappa shape index (κ1) is 69.7. The van der Waals surface area contributed by atoms with E-state index >= 15 is 0 Å². The minimum Gasteiger partial charge on any atom is -0.462 e. The summed E-state index contributed by atoms with van der Waals surface area (Å²) in [5.74, 6) is -1.32. The summed E-state index contributed by atoms with van der Waals surface area (Å²) in [5.41, 5.74) is 0. The van der Waals surface area contributed by atoms with E-state index in [1.54, 1.807) is 0 Å². The standard InChI is InChI=1S/C53H99O23P/c1-3-5-7-9-11-13-15-17-18-20-21-23-25-27-29-38(56)69-33-35(71-39(57)30-28-26-24-22-19-16-14-12-10-8-6-4-2)34-70-77(67,68)76-51-49(74-52-47(65)42(60)40(58)36(31-54)72-52)45(63)44(62)46(64)50(51)75-53-48(66)43(61)41(59)37(32-55)73-53/h35-37,40-55,58-66H,3-34H2,1-2H3,(H,67,68). The second-order valence-electron chi connectivity index (χ2n) is 21.2. The molecule has 0 aromatic heterocycles. The van der Waals surface area contributed by atoms with Gasteiger partial charge in [0.1, 0.15) is 92.1 Å². The van der Waals surface area contributed by atoms with E-state index in [0.717, 1.165) is 57.8 Å². The third-order valence-corrected chi connectivity index (χ3v) is 15.7. The molecular weight excluding hydrogens is 1040 g/mol. The highest BCUT2D eigenvalue weighted by Crippen LogP contribution is 2.49. The molecule has 16 unspecified atom stereocenters. The highest BCUT2D eigenvalue weighted by molar-refractivity contribution is 7.47. The predicted molar refractivity (Wildman–Crippen MR) is 277 cm³/mol. The molecule has 0 aromatic rings. The van der Waals surface area contributed by atoms with Gasteiger partial charge in [0, 0.05) is 12.8 Å². The highest BCUT2D eigenvalue weighted by atomic mass is 31.2. The van der Waals surface area contributed by atoms with Crippen LogP contribution in [0.2, 0.25) is 0 Å². The summed E-state index contributed by atoms with van der Waals surface area (Å²) in [6, 6.07) is 0. The van der Waals surface area contributed by atoms with Crippen LogP contribution in [0.15, 0.2) is 0 Å². The van der Waals surface area contributed by atoms with Gasteiger partial charge < -0.3 is 89.5 Å². The monoisotopic (exact) mass is 1130 g/mol. The number of aliphatic hydroxyl groups excluding tert-OH is 11. The summed E-state index contributed by atoms with van der Waals surface area (Å²) in [7, 11) is -5.63. The lowest BCUT2D eigenvalue weighted by atomic mass is 9.84. The number of phosphoric acid groups is 1. The molecule has 77 heavy (non-hydrogen) atoms. The summed E-state index contributed by atoms with van der Waals surface area (Å²) >= 11 is 0. The molecule has 16 atom stereocenters. The quantitative estimate of drug-likeness (QED) is 0.0237. The fraction of sp³-hybridized carbons (Fsp3) is 0.962. The van der Waals surface area contributed by atoms with E-state index in [4.69, 9.17) is 37.5 Å². The van der Waals surface area contributed by atoms with Crippen LogP contribution >= 0.6 is 7.82 Å². The zero-order valence-electron chi connectivity index (χ0n) is 45.7. The van der Waals surface area contributed by atoms with Gasteiger partial charge in [-0.1, -0.05) is 168 Å². The minimum absolute atomic E-state index is 0.0255. The summed E-state index contributed by atoms with van der Waals surface area (Å²) in [4.78, 5) is 37.4. The topological polar surface area (TPSA) is 368 Å². The highest BCUT2D eigenvalue weighted by Gasteiger charge is 2.58. The molecule has 454 valence electrons. The van der Waals surface area contributed by atoms with Crippen molar-refractivity contribution in [2.45, 2.75) is 298 Å². The lowest BCUT2D eigenvalue weighted by Gasteiger charge is -2.49. The number of carbonyl (C=O) groups is 2. The average molecular weight is 1140 g/mol. The maximum Gasteiger partial charge on any atom is 0.472 e. The van der Waals surface area contributed by atoms with Gasteiger partial charge in [-0.25, -0.2) is 4.57 Å². The summed E-state index contributed by atoms with van der Waals surface area (Å²) in [6.07, 6.45) is -6.16.